The maximum Gasteiger partial charge on any atom is 0.333 e. The molecule has 27 heteroatoms. The zero-order valence-corrected chi connectivity index (χ0v) is 76.0. The van der Waals surface area contributed by atoms with E-state index in [9.17, 15) is 58.2 Å². The van der Waals surface area contributed by atoms with Gasteiger partial charge in [-0.25, -0.2) is 14.4 Å². The Morgan fingerprint density at radius 1 is 0.450 bits per heavy atom. The first-order chi connectivity index (χ1) is 53.8. The smallest absolute Gasteiger partial charge is 0.333 e. The Morgan fingerprint density at radius 2 is 0.792 bits per heavy atom. The van der Waals surface area contributed by atoms with Crippen LogP contribution in [0.15, 0.2) is 36.5 Å². The summed E-state index contributed by atoms with van der Waals surface area (Å²) >= 11 is 0. The van der Waals surface area contributed by atoms with Crippen molar-refractivity contribution in [2.24, 2.45) is 63.6 Å². The van der Waals surface area contributed by atoms with E-state index in [4.69, 9.17) is 66.3 Å². The predicted octanol–water partition coefficient (Wildman–Crippen LogP) is 15.8. The van der Waals surface area contributed by atoms with Gasteiger partial charge in [0.05, 0.1) is 87.7 Å². The van der Waals surface area contributed by atoms with Gasteiger partial charge >= 0.3 is 59.7 Å². The van der Waals surface area contributed by atoms with Gasteiger partial charge in [0.1, 0.15) is 35.6 Å². The van der Waals surface area contributed by atoms with Gasteiger partial charge in [0.25, 0.3) is 0 Å². The van der Waals surface area contributed by atoms with Crippen molar-refractivity contribution in [3.05, 3.63) is 36.5 Å². The zero-order valence-electron chi connectivity index (χ0n) is 74.6. The minimum absolute atomic E-state index is 0. The quantitative estimate of drug-likeness (QED) is 0.0282. The summed E-state index contributed by atoms with van der Waals surface area (Å²) in [5.74, 6) is -2.19. The summed E-state index contributed by atoms with van der Waals surface area (Å²) in [5, 5.41) is 21.2. The summed E-state index contributed by atoms with van der Waals surface area (Å²) in [6.07, 6.45) is 13.6. The van der Waals surface area contributed by atoms with Crippen molar-refractivity contribution in [2.45, 2.75) is 404 Å². The van der Waals surface area contributed by atoms with Crippen LogP contribution in [0.5, 0.6) is 0 Å². The Kier molecular flexibility index (Phi) is 39.5. The molecule has 0 radical (unpaired) electrons. The topological polar surface area (TPSA) is 340 Å². The SMILES string of the molecule is C.C.C.C=C(C)C(=O)OC(C)C(CCOC(C)(C)CC)C(=O)OCC.C=C(C)C(=O)OC12CC3CC(CC(O)(C3)C1)C2.C=C(C)C(=O)OC1C2CC3C(=O)OC1C3O2.CCC(C)(C)C(=O)OC12CC3CC(CC(O)(C3)C1)C2.CCC(C)(C)C(=O)OC1C2CC3C(=O)OC1C3O2.CCOC(=O)C(CCOC(C)(C)CC)C(C)OC(=O)C(C)(C)CC.P. The van der Waals surface area contributed by atoms with Gasteiger partial charge in [-0.05, 0) is 263 Å². The van der Waals surface area contributed by atoms with Crippen molar-refractivity contribution in [3.8, 4) is 0 Å². The van der Waals surface area contributed by atoms with E-state index in [0.717, 1.165) is 70.6 Å². The van der Waals surface area contributed by atoms with Crippen molar-refractivity contribution < 1.29 is 124 Å². The normalized spacial score (nSPS) is 31.2. The lowest BCUT2D eigenvalue weighted by atomic mass is 9.52. The van der Waals surface area contributed by atoms with Gasteiger partial charge in [0.2, 0.25) is 0 Å². The Morgan fingerprint density at radius 3 is 1.13 bits per heavy atom. The average molecular weight is 1720 g/mol. The summed E-state index contributed by atoms with van der Waals surface area (Å²) in [7, 11) is 0. The first-order valence-electron chi connectivity index (χ1n) is 42.9. The van der Waals surface area contributed by atoms with Crippen molar-refractivity contribution in [1.82, 2.24) is 0 Å². The van der Waals surface area contributed by atoms with Crippen molar-refractivity contribution in [2.75, 3.05) is 26.4 Å². The molecule has 6 heterocycles. The molecule has 0 aromatic rings. The molecule has 19 unspecified atom stereocenters. The van der Waals surface area contributed by atoms with E-state index in [2.05, 4.69) is 26.7 Å². The van der Waals surface area contributed by atoms with Crippen LogP contribution in [0.25, 0.3) is 0 Å². The number of rotatable bonds is 31. The second-order valence-corrected chi connectivity index (χ2v) is 38.5. The third-order valence-corrected chi connectivity index (χ3v) is 26.4. The average Bonchev–Trinajstić information content (AvgIpc) is 1.67. The number of ether oxygens (including phenoxy) is 14. The molecule has 6 aliphatic heterocycles. The number of fused-ring (bicyclic) bond motifs is 2. The maximum absolute atomic E-state index is 12.4. The van der Waals surface area contributed by atoms with E-state index in [-0.39, 0.29) is 140 Å². The van der Waals surface area contributed by atoms with Crippen molar-refractivity contribution in [3.63, 3.8) is 0 Å². The van der Waals surface area contributed by atoms with Gasteiger partial charge in [0, 0.05) is 42.8 Å². The monoisotopic (exact) mass is 1720 g/mol. The van der Waals surface area contributed by atoms with Crippen LogP contribution in [0.2, 0.25) is 0 Å². The molecule has 0 aromatic heterocycles. The Balaban J connectivity index is 0.000000371. The number of esters is 10. The van der Waals surface area contributed by atoms with Gasteiger partial charge in [-0.15, -0.1) is 0 Å². The summed E-state index contributed by atoms with van der Waals surface area (Å²) in [6.45, 7) is 53.2. The molecule has 0 amide bonds. The third-order valence-electron chi connectivity index (χ3n) is 26.4. The van der Waals surface area contributed by atoms with Crippen LogP contribution >= 0.6 is 9.90 Å². The number of aliphatic hydroxyl groups is 2. The van der Waals surface area contributed by atoms with Gasteiger partial charge in [-0.3, -0.25) is 33.6 Å². The summed E-state index contributed by atoms with van der Waals surface area (Å²) in [5.41, 5.74) is -2.74. The second-order valence-electron chi connectivity index (χ2n) is 38.5. The van der Waals surface area contributed by atoms with Crippen LogP contribution in [0.3, 0.4) is 0 Å². The van der Waals surface area contributed by atoms with Crippen LogP contribution in [-0.4, -0.2) is 191 Å². The maximum atomic E-state index is 12.4. The largest absolute Gasteiger partial charge is 0.466 e. The van der Waals surface area contributed by atoms with E-state index < -0.39 is 93.4 Å². The molecular weight excluding hydrogens is 1560 g/mol. The van der Waals surface area contributed by atoms with Crippen LogP contribution in [0, 0.1) is 63.6 Å². The summed E-state index contributed by atoms with van der Waals surface area (Å²) in [4.78, 5) is 119. The van der Waals surface area contributed by atoms with Crippen LogP contribution in [0.1, 0.15) is 309 Å². The molecule has 120 heavy (non-hydrogen) atoms. The minimum atomic E-state index is -0.586. The molecule has 14 rings (SSSR count). The molecule has 14 aliphatic rings. The minimum Gasteiger partial charge on any atom is -0.466 e. The fourth-order valence-electron chi connectivity index (χ4n) is 18.3. The highest BCUT2D eigenvalue weighted by Crippen LogP contribution is 2.61. The van der Waals surface area contributed by atoms with E-state index >= 15 is 0 Å². The standard InChI is InChI=1S/C19H36O5.C17H30O5.C16H26O3.C14H20O3.C13H18O5.C11H12O5.3CH4.H3P/c1-9-18(5,6)17(21)24-14(4)15(16(20)22-11-3)12-13-23-19(7,8)10-2;1-8-17(6,7)21-11-10-14(16(19)20-9-2)13(5)22-15(18)12(3)4;1-4-14(2,3)13(17)19-16-8-11-5-12(9-16)7-15(18,6-11)10-16;1-9(2)12(15)17-14-6-10-3-11(7-14)5-13(16,4-10)8-14;1-4-13(2,3)12(15)18-9-7-5-6-8(16-7)10(9)17-11(6)14;1-4(2)10(12)15-8-6-3-5-7(14-6)9(8)16-11(5)13;;;;/h14-15H,9-13H2,1-8H3;13-14H,3,8-11H2,1-2,4-7H3;11-12,18H,4-10H2,1-3H3;10-11,16H,1,3-8H2,2H3;6-10H,4-5H2,1-3H3;5-9H,1,3H2,2H3;3*1H4;1H3. The molecule has 12 bridgehead atoms. The van der Waals surface area contributed by atoms with Crippen molar-refractivity contribution in [1.29, 1.82) is 0 Å². The summed E-state index contributed by atoms with van der Waals surface area (Å²) < 4.78 is 76.7. The third kappa shape index (κ3) is 27.3. The van der Waals surface area contributed by atoms with Crippen LogP contribution < -0.4 is 0 Å². The fourth-order valence-corrected chi connectivity index (χ4v) is 18.3. The summed E-state index contributed by atoms with van der Waals surface area (Å²) in [6, 6.07) is 0. The fraction of sp³-hybridized carbons (Fsp3) is 0.828. The number of hydrogen-bond donors (Lipinski definition) is 2. The van der Waals surface area contributed by atoms with Gasteiger partial charge in [-0.1, -0.05) is 76.6 Å². The van der Waals surface area contributed by atoms with E-state index in [1.807, 2.05) is 96.9 Å². The Labute approximate surface area is 721 Å². The Hall–Kier alpha value is -5.89. The van der Waals surface area contributed by atoms with Gasteiger partial charge in [0.15, 0.2) is 24.4 Å². The van der Waals surface area contributed by atoms with E-state index in [0.29, 0.717) is 112 Å². The molecule has 26 nitrogen and oxygen atoms in total. The lowest BCUT2D eigenvalue weighted by Gasteiger charge is -2.59. The molecule has 19 atom stereocenters. The lowest BCUT2D eigenvalue weighted by Crippen LogP contribution is -2.61. The highest BCUT2D eigenvalue weighted by molar-refractivity contribution is 6.92. The van der Waals surface area contributed by atoms with E-state index in [1.54, 1.807) is 48.5 Å². The molecule has 0 spiro atoms. The lowest BCUT2D eigenvalue weighted by molar-refractivity contribution is -0.225. The Bertz CT molecular complexity index is 3510. The molecule has 0 aromatic carbocycles. The van der Waals surface area contributed by atoms with Crippen LogP contribution in [-0.2, 0) is 114 Å². The van der Waals surface area contributed by atoms with Crippen molar-refractivity contribution >= 4 is 69.6 Å². The number of hydrogen-bond acceptors (Lipinski definition) is 26. The van der Waals surface area contributed by atoms with Gasteiger partial charge in [-0.2, -0.15) is 9.90 Å². The predicted molar refractivity (Wildman–Crippen MR) is 459 cm³/mol. The number of carbonyl (C=O) groups is 10. The highest BCUT2D eigenvalue weighted by atomic mass is 31.0. The molecule has 2 N–H and O–H groups in total. The number of carbonyl (C=O) groups excluding carboxylic acids is 10. The van der Waals surface area contributed by atoms with Gasteiger partial charge < -0.3 is 76.5 Å². The molecule has 8 aliphatic carbocycles. The molecular formula is C93H157O26P. The first kappa shape index (κ1) is 108. The van der Waals surface area contributed by atoms with Crippen LogP contribution in [0.4, 0.5) is 0 Å². The highest BCUT2D eigenvalue weighted by Gasteiger charge is 2.67. The second kappa shape index (κ2) is 43.8. The molecule has 8 saturated carbocycles. The molecule has 690 valence electrons. The molecule has 6 saturated heterocycles. The van der Waals surface area contributed by atoms with E-state index in [1.165, 1.54) is 12.8 Å². The molecule has 14 fully saturated rings. The first-order valence-corrected chi connectivity index (χ1v) is 42.9. The zero-order chi connectivity index (χ0) is 87.0.